The predicted molar refractivity (Wildman–Crippen MR) is 104 cm³/mol. The van der Waals surface area contributed by atoms with Crippen molar-refractivity contribution in [3.05, 3.63) is 42.5 Å². The lowest BCUT2D eigenvalue weighted by atomic mass is 9.75. The predicted octanol–water partition coefficient (Wildman–Crippen LogP) is 2.49. The molecule has 8 nitrogen and oxygen atoms in total. The van der Waals surface area contributed by atoms with Crippen LogP contribution < -0.4 is 4.90 Å². The fourth-order valence-electron chi connectivity index (χ4n) is 4.53. The summed E-state index contributed by atoms with van der Waals surface area (Å²) in [5.74, 6) is 0.0545. The summed E-state index contributed by atoms with van der Waals surface area (Å²) in [6.07, 6.45) is 9.18. The lowest BCUT2D eigenvalue weighted by Crippen LogP contribution is -2.37. The zero-order valence-corrected chi connectivity index (χ0v) is 16.0. The molecule has 0 bridgehead atoms. The van der Waals surface area contributed by atoms with Gasteiger partial charge < -0.3 is 4.90 Å². The van der Waals surface area contributed by atoms with E-state index in [9.17, 15) is 10.1 Å². The van der Waals surface area contributed by atoms with Gasteiger partial charge in [0.05, 0.1) is 47.8 Å². The van der Waals surface area contributed by atoms with Gasteiger partial charge in [-0.05, 0) is 30.9 Å². The van der Waals surface area contributed by atoms with Crippen LogP contribution in [0.4, 0.5) is 5.69 Å². The maximum atomic E-state index is 13.4. The summed E-state index contributed by atoms with van der Waals surface area (Å²) < 4.78 is 3.42. The number of hydrogen-bond donors (Lipinski definition) is 0. The average molecular weight is 385 g/mol. The fourth-order valence-corrected chi connectivity index (χ4v) is 4.53. The second kappa shape index (κ2) is 6.18. The Morgan fingerprint density at radius 1 is 1.28 bits per heavy atom. The number of nitriles is 2. The summed E-state index contributed by atoms with van der Waals surface area (Å²) in [6, 6.07) is 8.25. The Labute approximate surface area is 167 Å². The highest BCUT2D eigenvalue weighted by molar-refractivity contribution is 6.05. The molecule has 4 heterocycles. The van der Waals surface area contributed by atoms with Crippen LogP contribution in [0.2, 0.25) is 0 Å². The number of carbonyl (C=O) groups is 1. The molecule has 0 aromatic carbocycles. The molecule has 144 valence electrons. The molecule has 8 heteroatoms. The Kier molecular flexibility index (Phi) is 3.72. The lowest BCUT2D eigenvalue weighted by molar-refractivity contribution is -0.124. The average Bonchev–Trinajstić information content (AvgIpc) is 3.20. The number of nitrogens with zero attached hydrogens (tertiary/aromatic N) is 7. The molecule has 2 aliphatic rings. The normalized spacial score (nSPS) is 24.0. The first kappa shape index (κ1) is 17.4. The van der Waals surface area contributed by atoms with Gasteiger partial charge in [0.25, 0.3) is 0 Å². The molecule has 0 spiro atoms. The van der Waals surface area contributed by atoms with E-state index in [0.29, 0.717) is 13.0 Å². The van der Waals surface area contributed by atoms with Gasteiger partial charge in [0.1, 0.15) is 5.41 Å². The van der Waals surface area contributed by atoms with E-state index in [1.165, 1.54) is 0 Å². The van der Waals surface area contributed by atoms with E-state index in [-0.39, 0.29) is 17.7 Å². The molecule has 1 amide bonds. The Morgan fingerprint density at radius 3 is 2.83 bits per heavy atom. The SMILES string of the molecule is C[C@@H]1CN(c2ccnn3cc(-n4cc(CC#N)cn4)cc23)C(=O)[C@]1(C#N)C1CC1. The maximum Gasteiger partial charge on any atom is 0.248 e. The highest BCUT2D eigenvalue weighted by Crippen LogP contribution is 2.54. The molecule has 0 N–H and O–H groups in total. The molecule has 1 aliphatic carbocycles. The molecule has 2 atom stereocenters. The molecule has 0 radical (unpaired) electrons. The minimum absolute atomic E-state index is 0.0187. The Morgan fingerprint density at radius 2 is 2.10 bits per heavy atom. The van der Waals surface area contributed by atoms with Crippen molar-refractivity contribution in [2.24, 2.45) is 17.3 Å². The fraction of sp³-hybridized carbons (Fsp3) is 0.381. The second-order valence-corrected chi connectivity index (χ2v) is 7.94. The molecule has 3 aromatic rings. The highest BCUT2D eigenvalue weighted by Gasteiger charge is 2.61. The summed E-state index contributed by atoms with van der Waals surface area (Å²) in [6.45, 7) is 2.53. The van der Waals surface area contributed by atoms with Crippen LogP contribution in [0.25, 0.3) is 11.2 Å². The van der Waals surface area contributed by atoms with Crippen molar-refractivity contribution in [2.45, 2.75) is 26.2 Å². The largest absolute Gasteiger partial charge is 0.309 e. The van der Waals surface area contributed by atoms with Crippen molar-refractivity contribution in [3.8, 4) is 17.8 Å². The maximum absolute atomic E-state index is 13.4. The van der Waals surface area contributed by atoms with Gasteiger partial charge in [0.15, 0.2) is 0 Å². The molecule has 3 aromatic heterocycles. The molecule has 5 rings (SSSR count). The number of rotatable bonds is 4. The van der Waals surface area contributed by atoms with Crippen molar-refractivity contribution >= 4 is 17.1 Å². The first-order chi connectivity index (χ1) is 14.1. The van der Waals surface area contributed by atoms with Crippen LogP contribution >= 0.6 is 0 Å². The van der Waals surface area contributed by atoms with Gasteiger partial charge in [-0.25, -0.2) is 9.20 Å². The molecule has 1 saturated carbocycles. The highest BCUT2D eigenvalue weighted by atomic mass is 16.2. The van der Waals surface area contributed by atoms with Crippen molar-refractivity contribution in [1.82, 2.24) is 19.4 Å². The molecule has 1 saturated heterocycles. The molecular weight excluding hydrogens is 366 g/mol. The summed E-state index contributed by atoms with van der Waals surface area (Å²) >= 11 is 0. The van der Waals surface area contributed by atoms with Crippen LogP contribution in [0.5, 0.6) is 0 Å². The third kappa shape index (κ3) is 2.46. The number of hydrogen-bond acceptors (Lipinski definition) is 5. The minimum Gasteiger partial charge on any atom is -0.309 e. The first-order valence-electron chi connectivity index (χ1n) is 9.70. The van der Waals surface area contributed by atoms with Gasteiger partial charge in [-0.3, -0.25) is 4.79 Å². The zero-order valence-electron chi connectivity index (χ0n) is 16.0. The third-order valence-electron chi connectivity index (χ3n) is 6.19. The van der Waals surface area contributed by atoms with E-state index < -0.39 is 5.41 Å². The Bertz CT molecular complexity index is 1210. The van der Waals surface area contributed by atoms with Crippen molar-refractivity contribution in [2.75, 3.05) is 11.4 Å². The van der Waals surface area contributed by atoms with Crippen LogP contribution in [0.1, 0.15) is 25.3 Å². The molecular formula is C21H19N7O. The first-order valence-corrected chi connectivity index (χ1v) is 9.70. The molecule has 2 fully saturated rings. The number of fused-ring (bicyclic) bond motifs is 1. The summed E-state index contributed by atoms with van der Waals surface area (Å²) in [5.41, 5.74) is 2.25. The quantitative estimate of drug-likeness (QED) is 0.686. The van der Waals surface area contributed by atoms with E-state index >= 15 is 0 Å². The van der Waals surface area contributed by atoms with Crippen LogP contribution in [0.3, 0.4) is 0 Å². The Balaban J connectivity index is 1.56. The number of anilines is 1. The van der Waals surface area contributed by atoms with E-state index in [0.717, 1.165) is 35.3 Å². The molecule has 0 unspecified atom stereocenters. The van der Waals surface area contributed by atoms with Crippen molar-refractivity contribution in [3.63, 3.8) is 0 Å². The molecule has 29 heavy (non-hydrogen) atoms. The smallest absolute Gasteiger partial charge is 0.248 e. The van der Waals surface area contributed by atoms with Gasteiger partial charge >= 0.3 is 0 Å². The summed E-state index contributed by atoms with van der Waals surface area (Å²) in [7, 11) is 0. The summed E-state index contributed by atoms with van der Waals surface area (Å²) in [5, 5.41) is 27.5. The van der Waals surface area contributed by atoms with Crippen LogP contribution in [0.15, 0.2) is 36.9 Å². The van der Waals surface area contributed by atoms with Gasteiger partial charge in [-0.1, -0.05) is 6.92 Å². The number of amides is 1. The van der Waals surface area contributed by atoms with Crippen LogP contribution in [0, 0.1) is 39.9 Å². The van der Waals surface area contributed by atoms with Gasteiger partial charge in [-0.15, -0.1) is 0 Å². The lowest BCUT2D eigenvalue weighted by Gasteiger charge is -2.23. The van der Waals surface area contributed by atoms with E-state index in [1.54, 1.807) is 26.5 Å². The Hall–Kier alpha value is -3.65. The third-order valence-corrected chi connectivity index (χ3v) is 6.19. The van der Waals surface area contributed by atoms with E-state index in [4.69, 9.17) is 5.26 Å². The molecule has 1 aliphatic heterocycles. The number of carbonyl (C=O) groups excluding carboxylic acids is 1. The number of aromatic nitrogens is 4. The van der Waals surface area contributed by atoms with Crippen LogP contribution in [-0.4, -0.2) is 31.8 Å². The zero-order chi connectivity index (χ0) is 20.2. The van der Waals surface area contributed by atoms with E-state index in [2.05, 4.69) is 22.3 Å². The topological polar surface area (TPSA) is 103 Å². The summed E-state index contributed by atoms with van der Waals surface area (Å²) in [4.78, 5) is 15.1. The second-order valence-electron chi connectivity index (χ2n) is 7.94. The standard InChI is InChI=1S/C21H19N7O/c1-14-10-26(20(29)21(14,13-23)16-2-3-16)18-5-7-24-28-12-17(8-19(18)28)27-11-15(4-6-22)9-25-27/h5,7-9,11-12,14,16H,2-4,10H2,1H3/t14-,21+/m1/s1. The van der Waals surface area contributed by atoms with Gasteiger partial charge in [0, 0.05) is 30.4 Å². The van der Waals surface area contributed by atoms with Gasteiger partial charge in [-0.2, -0.15) is 20.7 Å². The van der Waals surface area contributed by atoms with Crippen LogP contribution in [-0.2, 0) is 11.2 Å². The monoisotopic (exact) mass is 385 g/mol. The van der Waals surface area contributed by atoms with Crippen molar-refractivity contribution in [1.29, 1.82) is 10.5 Å². The van der Waals surface area contributed by atoms with E-state index in [1.807, 2.05) is 31.5 Å². The van der Waals surface area contributed by atoms with Crippen molar-refractivity contribution < 1.29 is 4.79 Å². The van der Waals surface area contributed by atoms with Gasteiger partial charge in [0.2, 0.25) is 5.91 Å². The minimum atomic E-state index is -0.913.